The number of nitrogens with zero attached hydrogens (tertiary/aromatic N) is 2. The Hall–Kier alpha value is -2.89. The van der Waals surface area contributed by atoms with Crippen LogP contribution >= 0.6 is 0 Å². The third-order valence-electron chi connectivity index (χ3n) is 4.59. The first-order valence-electron chi connectivity index (χ1n) is 8.46. The second-order valence-corrected chi connectivity index (χ2v) is 6.26. The molecule has 1 amide bonds. The quantitative estimate of drug-likeness (QED) is 0.671. The number of hydrogen-bond acceptors (Lipinski definition) is 4. The number of hydrogen-bond donors (Lipinski definition) is 1. The van der Waals surface area contributed by atoms with Crippen molar-refractivity contribution in [3.05, 3.63) is 63.7 Å². The zero-order chi connectivity index (χ0) is 17.8. The first-order chi connectivity index (χ1) is 12.1. The van der Waals surface area contributed by atoms with Crippen molar-refractivity contribution in [3.63, 3.8) is 0 Å². The van der Waals surface area contributed by atoms with Gasteiger partial charge in [-0.25, -0.2) is 0 Å². The van der Waals surface area contributed by atoms with Crippen LogP contribution in [0.3, 0.4) is 0 Å². The van der Waals surface area contributed by atoms with E-state index < -0.39 is 4.92 Å². The van der Waals surface area contributed by atoms with Crippen LogP contribution in [-0.4, -0.2) is 23.9 Å². The number of nitro benzene ring substituents is 1. The Kier molecular flexibility index (Phi) is 4.97. The zero-order valence-electron chi connectivity index (χ0n) is 14.2. The summed E-state index contributed by atoms with van der Waals surface area (Å²) in [5, 5.41) is 13.8. The van der Waals surface area contributed by atoms with Crippen molar-refractivity contribution in [1.82, 2.24) is 0 Å². The normalized spacial score (nSPS) is 14.2. The standard InChI is InChI=1S/C19H21N3O3/c1-14-17(6-5-7-18(14)22(24)25)19(23)20-15-8-10-16(11-9-15)21-12-3-2-4-13-21/h5-11H,2-4,12-13H2,1H3,(H,20,23). The molecule has 0 bridgehead atoms. The molecule has 1 aliphatic heterocycles. The number of piperidine rings is 1. The Bertz CT molecular complexity index is 781. The molecule has 130 valence electrons. The predicted molar refractivity (Wildman–Crippen MR) is 98.3 cm³/mol. The van der Waals surface area contributed by atoms with E-state index in [0.29, 0.717) is 16.8 Å². The maximum Gasteiger partial charge on any atom is 0.273 e. The van der Waals surface area contributed by atoms with E-state index >= 15 is 0 Å². The zero-order valence-corrected chi connectivity index (χ0v) is 14.2. The van der Waals surface area contributed by atoms with E-state index in [9.17, 15) is 14.9 Å². The summed E-state index contributed by atoms with van der Waals surface area (Å²) in [6.07, 6.45) is 3.71. The van der Waals surface area contributed by atoms with Gasteiger partial charge in [0, 0.05) is 41.7 Å². The first-order valence-corrected chi connectivity index (χ1v) is 8.46. The molecule has 0 radical (unpaired) electrons. The Morgan fingerprint density at radius 2 is 1.76 bits per heavy atom. The molecule has 0 atom stereocenters. The molecule has 25 heavy (non-hydrogen) atoms. The summed E-state index contributed by atoms with van der Waals surface area (Å²) in [6.45, 7) is 3.73. The van der Waals surface area contributed by atoms with E-state index in [-0.39, 0.29) is 11.6 Å². The summed E-state index contributed by atoms with van der Waals surface area (Å²) in [5.41, 5.74) is 2.47. The fourth-order valence-electron chi connectivity index (χ4n) is 3.17. The molecule has 1 aliphatic rings. The van der Waals surface area contributed by atoms with Crippen LogP contribution in [-0.2, 0) is 0 Å². The second kappa shape index (κ2) is 7.34. The molecule has 0 saturated carbocycles. The molecule has 1 heterocycles. The minimum absolute atomic E-state index is 0.0481. The molecular weight excluding hydrogens is 318 g/mol. The van der Waals surface area contributed by atoms with Crippen LogP contribution in [0, 0.1) is 17.0 Å². The Morgan fingerprint density at radius 1 is 1.08 bits per heavy atom. The lowest BCUT2D eigenvalue weighted by Crippen LogP contribution is -2.29. The van der Waals surface area contributed by atoms with Gasteiger partial charge in [-0.2, -0.15) is 0 Å². The van der Waals surface area contributed by atoms with Crippen molar-refractivity contribution >= 4 is 23.0 Å². The number of amides is 1. The van der Waals surface area contributed by atoms with Gasteiger partial charge in [0.25, 0.3) is 11.6 Å². The van der Waals surface area contributed by atoms with Crippen molar-refractivity contribution in [3.8, 4) is 0 Å². The smallest absolute Gasteiger partial charge is 0.273 e. The van der Waals surface area contributed by atoms with Gasteiger partial charge in [0.15, 0.2) is 0 Å². The van der Waals surface area contributed by atoms with Crippen molar-refractivity contribution in [1.29, 1.82) is 0 Å². The maximum absolute atomic E-state index is 12.5. The van der Waals surface area contributed by atoms with Gasteiger partial charge in [-0.3, -0.25) is 14.9 Å². The summed E-state index contributed by atoms with van der Waals surface area (Å²) < 4.78 is 0. The van der Waals surface area contributed by atoms with E-state index in [1.807, 2.05) is 24.3 Å². The topological polar surface area (TPSA) is 75.5 Å². The van der Waals surface area contributed by atoms with E-state index in [4.69, 9.17) is 0 Å². The fourth-order valence-corrected chi connectivity index (χ4v) is 3.17. The monoisotopic (exact) mass is 339 g/mol. The molecule has 1 fully saturated rings. The van der Waals surface area contributed by atoms with Crippen LogP contribution in [0.1, 0.15) is 35.2 Å². The lowest BCUT2D eigenvalue weighted by molar-refractivity contribution is -0.385. The highest BCUT2D eigenvalue weighted by molar-refractivity contribution is 6.05. The van der Waals surface area contributed by atoms with Gasteiger partial charge in [-0.05, 0) is 56.5 Å². The maximum atomic E-state index is 12.5. The van der Waals surface area contributed by atoms with Gasteiger partial charge < -0.3 is 10.2 Å². The number of anilines is 2. The molecule has 0 aliphatic carbocycles. The van der Waals surface area contributed by atoms with Crippen LogP contribution in [0.25, 0.3) is 0 Å². The molecule has 2 aromatic rings. The molecule has 2 aromatic carbocycles. The van der Waals surface area contributed by atoms with Gasteiger partial charge in [-0.15, -0.1) is 0 Å². The molecule has 0 unspecified atom stereocenters. The van der Waals surface area contributed by atoms with Gasteiger partial charge in [0.2, 0.25) is 0 Å². The number of carbonyl (C=O) groups excluding carboxylic acids is 1. The lowest BCUT2D eigenvalue weighted by atomic mass is 10.1. The van der Waals surface area contributed by atoms with E-state index in [1.165, 1.54) is 31.4 Å². The third-order valence-corrected chi connectivity index (χ3v) is 4.59. The molecule has 3 rings (SSSR count). The number of carbonyl (C=O) groups is 1. The molecule has 1 N–H and O–H groups in total. The van der Waals surface area contributed by atoms with Gasteiger partial charge >= 0.3 is 0 Å². The number of benzene rings is 2. The van der Waals surface area contributed by atoms with Crippen LogP contribution in [0.15, 0.2) is 42.5 Å². The minimum Gasteiger partial charge on any atom is -0.372 e. The predicted octanol–water partition coefficient (Wildman–Crippen LogP) is 4.15. The summed E-state index contributed by atoms with van der Waals surface area (Å²) in [7, 11) is 0. The Balaban J connectivity index is 1.73. The largest absolute Gasteiger partial charge is 0.372 e. The Morgan fingerprint density at radius 3 is 2.40 bits per heavy atom. The summed E-state index contributed by atoms with van der Waals surface area (Å²) >= 11 is 0. The molecule has 0 spiro atoms. The average Bonchev–Trinajstić information content (AvgIpc) is 2.63. The van der Waals surface area contributed by atoms with E-state index in [1.54, 1.807) is 13.0 Å². The van der Waals surface area contributed by atoms with Crippen LogP contribution in [0.2, 0.25) is 0 Å². The first kappa shape index (κ1) is 17.0. The highest BCUT2D eigenvalue weighted by Crippen LogP contribution is 2.24. The van der Waals surface area contributed by atoms with Crippen molar-refractivity contribution < 1.29 is 9.72 Å². The van der Waals surface area contributed by atoms with Crippen molar-refractivity contribution in [2.24, 2.45) is 0 Å². The number of nitrogens with one attached hydrogen (secondary N) is 1. The highest BCUT2D eigenvalue weighted by atomic mass is 16.6. The molecule has 1 saturated heterocycles. The molecule has 0 aromatic heterocycles. The van der Waals surface area contributed by atoms with E-state index in [0.717, 1.165) is 18.8 Å². The molecule has 6 nitrogen and oxygen atoms in total. The van der Waals surface area contributed by atoms with E-state index in [2.05, 4.69) is 10.2 Å². The summed E-state index contributed by atoms with van der Waals surface area (Å²) in [4.78, 5) is 25.3. The molecular formula is C19H21N3O3. The third kappa shape index (κ3) is 3.79. The second-order valence-electron chi connectivity index (χ2n) is 6.26. The van der Waals surface area contributed by atoms with Gasteiger partial charge in [-0.1, -0.05) is 6.07 Å². The number of rotatable bonds is 4. The summed E-state index contributed by atoms with van der Waals surface area (Å²) in [6, 6.07) is 12.3. The van der Waals surface area contributed by atoms with Crippen molar-refractivity contribution in [2.75, 3.05) is 23.3 Å². The SMILES string of the molecule is Cc1c(C(=O)Nc2ccc(N3CCCCC3)cc2)cccc1[N+](=O)[O-]. The van der Waals surface area contributed by atoms with Gasteiger partial charge in [0.1, 0.15) is 0 Å². The summed E-state index contributed by atoms with van der Waals surface area (Å²) in [5.74, 6) is -0.341. The lowest BCUT2D eigenvalue weighted by Gasteiger charge is -2.28. The highest BCUT2D eigenvalue weighted by Gasteiger charge is 2.18. The fraction of sp³-hybridized carbons (Fsp3) is 0.316. The Labute approximate surface area is 146 Å². The van der Waals surface area contributed by atoms with Crippen molar-refractivity contribution in [2.45, 2.75) is 26.2 Å². The van der Waals surface area contributed by atoms with Crippen LogP contribution in [0.5, 0.6) is 0 Å². The van der Waals surface area contributed by atoms with Gasteiger partial charge in [0.05, 0.1) is 4.92 Å². The van der Waals surface area contributed by atoms with Crippen LogP contribution in [0.4, 0.5) is 17.1 Å². The number of nitro groups is 1. The minimum atomic E-state index is -0.473. The average molecular weight is 339 g/mol. The molecule has 6 heteroatoms. The van der Waals surface area contributed by atoms with Crippen LogP contribution < -0.4 is 10.2 Å².